The maximum atomic E-state index is 11.8. The largest absolute Gasteiger partial charge is 0.289 e. The van der Waals surface area contributed by atoms with E-state index in [2.05, 4.69) is 25.5 Å². The summed E-state index contributed by atoms with van der Waals surface area (Å²) in [5.41, 5.74) is 1.24. The lowest BCUT2D eigenvalue weighted by atomic mass is 10.3. The first-order chi connectivity index (χ1) is 8.54. The number of rotatable bonds is 2. The van der Waals surface area contributed by atoms with E-state index in [0.29, 0.717) is 0 Å². The van der Waals surface area contributed by atoms with Crippen LogP contribution in [0.4, 0.5) is 5.95 Å². The number of nitrogens with one attached hydrogen (secondary N) is 2. The normalized spacial score (nSPS) is 10.1. The molecule has 1 amide bonds. The SMILES string of the molecule is Cc1cc(C)nc(NC(=O)c2ccc(=O)[nH]n2)n1. The number of amides is 1. The van der Waals surface area contributed by atoms with Crippen LogP contribution in [0.15, 0.2) is 23.0 Å². The lowest BCUT2D eigenvalue weighted by molar-refractivity contribution is 0.102. The molecule has 0 radical (unpaired) electrons. The van der Waals surface area contributed by atoms with Crippen LogP contribution in [0.3, 0.4) is 0 Å². The molecule has 7 nitrogen and oxygen atoms in total. The molecule has 2 aromatic rings. The summed E-state index contributed by atoms with van der Waals surface area (Å²) < 4.78 is 0. The number of anilines is 1. The number of carbonyl (C=O) groups is 1. The number of H-pyrrole nitrogens is 1. The number of aromatic nitrogens is 4. The van der Waals surface area contributed by atoms with Crippen molar-refractivity contribution in [2.24, 2.45) is 0 Å². The van der Waals surface area contributed by atoms with Gasteiger partial charge in [-0.3, -0.25) is 14.9 Å². The number of nitrogens with zero attached hydrogens (tertiary/aromatic N) is 3. The Labute approximate surface area is 102 Å². The summed E-state index contributed by atoms with van der Waals surface area (Å²) in [4.78, 5) is 30.7. The van der Waals surface area contributed by atoms with Crippen LogP contribution >= 0.6 is 0 Å². The van der Waals surface area contributed by atoms with E-state index in [9.17, 15) is 9.59 Å². The Morgan fingerprint density at radius 3 is 2.44 bits per heavy atom. The molecule has 92 valence electrons. The fraction of sp³-hybridized carbons (Fsp3) is 0.182. The molecule has 0 atom stereocenters. The number of aromatic amines is 1. The summed E-state index contributed by atoms with van der Waals surface area (Å²) in [5.74, 6) is -0.262. The number of aryl methyl sites for hydroxylation is 2. The van der Waals surface area contributed by atoms with Gasteiger partial charge in [0.25, 0.3) is 11.5 Å². The molecular formula is C11H11N5O2. The summed E-state index contributed by atoms with van der Waals surface area (Å²) in [6.45, 7) is 3.62. The van der Waals surface area contributed by atoms with Crippen molar-refractivity contribution in [3.05, 3.63) is 45.6 Å². The van der Waals surface area contributed by atoms with Gasteiger partial charge in [0.15, 0.2) is 0 Å². The molecule has 0 spiro atoms. The Morgan fingerprint density at radius 1 is 1.22 bits per heavy atom. The zero-order valence-electron chi connectivity index (χ0n) is 9.89. The molecule has 0 aromatic carbocycles. The summed E-state index contributed by atoms with van der Waals surface area (Å²) in [6, 6.07) is 4.36. The van der Waals surface area contributed by atoms with Gasteiger partial charge in [-0.2, -0.15) is 5.10 Å². The van der Waals surface area contributed by atoms with E-state index < -0.39 is 5.91 Å². The highest BCUT2D eigenvalue weighted by Crippen LogP contribution is 2.04. The van der Waals surface area contributed by atoms with Gasteiger partial charge in [0.2, 0.25) is 5.95 Å². The maximum Gasteiger partial charge on any atom is 0.278 e. The molecule has 0 unspecified atom stereocenters. The van der Waals surface area contributed by atoms with Gasteiger partial charge >= 0.3 is 0 Å². The van der Waals surface area contributed by atoms with Crippen molar-refractivity contribution in [1.29, 1.82) is 0 Å². The molecule has 2 N–H and O–H groups in total. The van der Waals surface area contributed by atoms with Crippen LogP contribution in [0, 0.1) is 13.8 Å². The monoisotopic (exact) mass is 245 g/mol. The van der Waals surface area contributed by atoms with E-state index in [1.165, 1.54) is 12.1 Å². The van der Waals surface area contributed by atoms with Crippen molar-refractivity contribution in [2.45, 2.75) is 13.8 Å². The molecule has 18 heavy (non-hydrogen) atoms. The fourth-order valence-electron chi connectivity index (χ4n) is 1.42. The minimum atomic E-state index is -0.476. The van der Waals surface area contributed by atoms with E-state index in [-0.39, 0.29) is 17.2 Å². The molecular weight excluding hydrogens is 234 g/mol. The minimum absolute atomic E-state index is 0.0948. The van der Waals surface area contributed by atoms with Gasteiger partial charge in [-0.15, -0.1) is 0 Å². The second kappa shape index (κ2) is 4.74. The predicted molar refractivity (Wildman–Crippen MR) is 64.3 cm³/mol. The van der Waals surface area contributed by atoms with Gasteiger partial charge in [-0.1, -0.05) is 0 Å². The molecule has 2 rings (SSSR count). The van der Waals surface area contributed by atoms with Gasteiger partial charge in [0.05, 0.1) is 0 Å². The van der Waals surface area contributed by atoms with E-state index in [1.54, 1.807) is 6.07 Å². The van der Waals surface area contributed by atoms with Crippen LogP contribution in [-0.2, 0) is 0 Å². The lowest BCUT2D eigenvalue weighted by Crippen LogP contribution is -2.19. The highest BCUT2D eigenvalue weighted by atomic mass is 16.2. The topological polar surface area (TPSA) is 101 Å². The van der Waals surface area contributed by atoms with Gasteiger partial charge in [-0.05, 0) is 26.0 Å². The second-order valence-electron chi connectivity index (χ2n) is 3.73. The lowest BCUT2D eigenvalue weighted by Gasteiger charge is -2.04. The molecule has 0 aliphatic rings. The van der Waals surface area contributed by atoms with Gasteiger partial charge in [0.1, 0.15) is 5.69 Å². The molecule has 2 heterocycles. The molecule has 0 saturated heterocycles. The third-order valence-corrected chi connectivity index (χ3v) is 2.12. The fourth-order valence-corrected chi connectivity index (χ4v) is 1.42. The Bertz CT molecular complexity index is 609. The summed E-state index contributed by atoms with van der Waals surface area (Å²) in [5, 5.41) is 8.31. The average molecular weight is 245 g/mol. The van der Waals surface area contributed by atoms with Crippen molar-refractivity contribution < 1.29 is 4.79 Å². The Morgan fingerprint density at radius 2 is 1.89 bits per heavy atom. The highest BCUT2D eigenvalue weighted by Gasteiger charge is 2.09. The van der Waals surface area contributed by atoms with Crippen molar-refractivity contribution in [2.75, 3.05) is 5.32 Å². The van der Waals surface area contributed by atoms with Crippen molar-refractivity contribution in [1.82, 2.24) is 20.2 Å². The van der Waals surface area contributed by atoms with Crippen LogP contribution in [-0.4, -0.2) is 26.1 Å². The summed E-state index contributed by atoms with van der Waals surface area (Å²) in [7, 11) is 0. The van der Waals surface area contributed by atoms with Crippen LogP contribution in [0.1, 0.15) is 21.9 Å². The molecule has 0 fully saturated rings. The Balaban J connectivity index is 2.21. The number of carbonyl (C=O) groups excluding carboxylic acids is 1. The van der Waals surface area contributed by atoms with Gasteiger partial charge in [0, 0.05) is 17.5 Å². The summed E-state index contributed by atoms with van der Waals surface area (Å²) in [6.07, 6.45) is 0. The van der Waals surface area contributed by atoms with Crippen LogP contribution < -0.4 is 10.9 Å². The van der Waals surface area contributed by atoms with Crippen LogP contribution in [0.25, 0.3) is 0 Å². The second-order valence-corrected chi connectivity index (χ2v) is 3.73. The third-order valence-electron chi connectivity index (χ3n) is 2.12. The molecule has 0 bridgehead atoms. The van der Waals surface area contributed by atoms with Crippen molar-refractivity contribution in [3.8, 4) is 0 Å². The highest BCUT2D eigenvalue weighted by molar-refractivity contribution is 6.01. The van der Waals surface area contributed by atoms with E-state index >= 15 is 0 Å². The minimum Gasteiger partial charge on any atom is -0.289 e. The quantitative estimate of drug-likeness (QED) is 0.799. The molecule has 0 aliphatic heterocycles. The first kappa shape index (κ1) is 11.9. The first-order valence-electron chi connectivity index (χ1n) is 5.24. The predicted octanol–water partition coefficient (Wildman–Crippen LogP) is 0.429. The third kappa shape index (κ3) is 2.76. The zero-order valence-corrected chi connectivity index (χ0v) is 9.89. The smallest absolute Gasteiger partial charge is 0.278 e. The molecule has 7 heteroatoms. The summed E-state index contributed by atoms with van der Waals surface area (Å²) >= 11 is 0. The van der Waals surface area contributed by atoms with E-state index in [4.69, 9.17) is 0 Å². The standard InChI is InChI=1S/C11H11N5O2/c1-6-5-7(2)13-11(12-6)14-10(18)8-3-4-9(17)16-15-8/h3-5H,1-2H3,(H,16,17)(H,12,13,14,18). The van der Waals surface area contributed by atoms with Crippen LogP contribution in [0.5, 0.6) is 0 Å². The Hall–Kier alpha value is -2.57. The van der Waals surface area contributed by atoms with Crippen molar-refractivity contribution in [3.63, 3.8) is 0 Å². The number of hydrogen-bond acceptors (Lipinski definition) is 5. The number of hydrogen-bond donors (Lipinski definition) is 2. The molecule has 2 aromatic heterocycles. The first-order valence-corrected chi connectivity index (χ1v) is 5.24. The van der Waals surface area contributed by atoms with Gasteiger partial charge in [-0.25, -0.2) is 15.1 Å². The van der Waals surface area contributed by atoms with Gasteiger partial charge < -0.3 is 0 Å². The van der Waals surface area contributed by atoms with E-state index in [1.807, 2.05) is 13.8 Å². The Kier molecular flexibility index (Phi) is 3.13. The average Bonchev–Trinajstić information content (AvgIpc) is 2.28. The zero-order chi connectivity index (χ0) is 13.1. The van der Waals surface area contributed by atoms with E-state index in [0.717, 1.165) is 11.4 Å². The van der Waals surface area contributed by atoms with Crippen molar-refractivity contribution >= 4 is 11.9 Å². The maximum absolute atomic E-state index is 11.8. The molecule has 0 aliphatic carbocycles. The molecule has 0 saturated carbocycles. The van der Waals surface area contributed by atoms with Crippen LogP contribution in [0.2, 0.25) is 0 Å².